The third-order valence-corrected chi connectivity index (χ3v) is 3.57. The van der Waals surface area contributed by atoms with Gasteiger partial charge in [-0.2, -0.15) is 0 Å². The number of nitro benzene ring substituents is 1. The maximum atomic E-state index is 10.7. The lowest BCUT2D eigenvalue weighted by atomic mass is 10.3. The Balaban J connectivity index is 1.88. The second kappa shape index (κ2) is 5.45. The van der Waals surface area contributed by atoms with Crippen LogP contribution in [0.2, 0.25) is 0 Å². The molecule has 0 saturated carbocycles. The van der Waals surface area contributed by atoms with E-state index in [0.29, 0.717) is 5.69 Å². The van der Waals surface area contributed by atoms with Crippen molar-refractivity contribution in [1.82, 2.24) is 5.43 Å². The highest BCUT2D eigenvalue weighted by atomic mass is 127. The number of nitrogens with zero attached hydrogens (tertiary/aromatic N) is 4. The predicted octanol–water partition coefficient (Wildman–Crippen LogP) is 3.15. The minimum Gasteiger partial charge on any atom is -0.258 e. The molecule has 7 nitrogen and oxygen atoms in total. The normalized spacial score (nSPS) is 12.6. The van der Waals surface area contributed by atoms with Crippen molar-refractivity contribution in [2.24, 2.45) is 0 Å². The van der Waals surface area contributed by atoms with Crippen molar-refractivity contribution < 1.29 is 4.92 Å². The van der Waals surface area contributed by atoms with Crippen LogP contribution in [-0.2, 0) is 0 Å². The zero-order valence-corrected chi connectivity index (χ0v) is 12.8. The van der Waals surface area contributed by atoms with Crippen LogP contribution in [0.5, 0.6) is 0 Å². The molecule has 1 heterocycles. The number of non-ortho nitro benzene ring substituents is 1. The van der Waals surface area contributed by atoms with Crippen LogP contribution in [0.1, 0.15) is 0 Å². The lowest BCUT2D eigenvalue weighted by molar-refractivity contribution is -0.384. The van der Waals surface area contributed by atoms with Crippen LogP contribution >= 0.6 is 22.6 Å². The van der Waals surface area contributed by atoms with Crippen molar-refractivity contribution in [2.75, 3.05) is 10.2 Å². The third kappa shape index (κ3) is 2.68. The van der Waals surface area contributed by atoms with Crippen molar-refractivity contribution in [3.63, 3.8) is 0 Å². The highest BCUT2D eigenvalue weighted by Gasteiger charge is 2.29. The number of halogens is 1. The summed E-state index contributed by atoms with van der Waals surface area (Å²) in [7, 11) is 0. The summed E-state index contributed by atoms with van der Waals surface area (Å²) >= 11 is 2.23. The Hall–Kier alpha value is -2.54. The highest BCUT2D eigenvalue weighted by Crippen LogP contribution is 2.26. The van der Waals surface area contributed by atoms with Gasteiger partial charge in [0.2, 0.25) is 0 Å². The first-order valence-corrected chi connectivity index (χ1v) is 7.04. The number of nitrogens with one attached hydrogen (secondary N) is 1. The second-order valence-electron chi connectivity index (χ2n) is 4.17. The average molecular weight is 394 g/mol. The largest absolute Gasteiger partial charge is 0.436 e. The van der Waals surface area contributed by atoms with Gasteiger partial charge in [-0.05, 0) is 63.9 Å². The van der Waals surface area contributed by atoms with Crippen molar-refractivity contribution in [2.45, 2.75) is 0 Å². The number of rotatable bonds is 3. The Morgan fingerprint density at radius 3 is 2.33 bits per heavy atom. The highest BCUT2D eigenvalue weighted by molar-refractivity contribution is 14.1. The number of anilines is 2. The summed E-state index contributed by atoms with van der Waals surface area (Å²) in [4.78, 5) is 14.3. The molecule has 0 spiro atoms. The van der Waals surface area contributed by atoms with Gasteiger partial charge < -0.3 is 0 Å². The van der Waals surface area contributed by atoms with Crippen LogP contribution < -0.4 is 15.7 Å². The molecule has 2 aromatic rings. The molecule has 1 aliphatic rings. The SMILES string of the molecule is O=[N+]([O-])c1ccc(N2[N+]#CNN2c2ccc(I)cc2)cc1. The number of hydrogen-bond donors (Lipinski definition) is 1. The molecule has 0 radical (unpaired) electrons. The lowest BCUT2D eigenvalue weighted by Crippen LogP contribution is -2.42. The Kier molecular flexibility index (Phi) is 3.49. The molecule has 0 unspecified atom stereocenters. The van der Waals surface area contributed by atoms with Crippen molar-refractivity contribution in [1.29, 1.82) is 0 Å². The summed E-state index contributed by atoms with van der Waals surface area (Å²) in [6.45, 7) is 0. The molecule has 0 aliphatic carbocycles. The Bertz CT molecular complexity index is 736. The molecule has 2 aromatic carbocycles. The fourth-order valence-electron chi connectivity index (χ4n) is 1.85. The van der Waals surface area contributed by atoms with E-state index < -0.39 is 4.92 Å². The van der Waals surface area contributed by atoms with Crippen LogP contribution in [-0.4, -0.2) is 4.92 Å². The van der Waals surface area contributed by atoms with Gasteiger partial charge in [0.1, 0.15) is 11.4 Å². The van der Waals surface area contributed by atoms with Gasteiger partial charge in [-0.1, -0.05) is 10.5 Å². The first kappa shape index (κ1) is 13.4. The van der Waals surface area contributed by atoms with Gasteiger partial charge in [0.05, 0.1) is 4.92 Å². The monoisotopic (exact) mass is 394 g/mol. The molecule has 0 saturated heterocycles. The van der Waals surface area contributed by atoms with E-state index in [1.165, 1.54) is 12.1 Å². The molecule has 1 aliphatic heterocycles. The molecular formula is C13H9IN5O2+. The predicted molar refractivity (Wildman–Crippen MR) is 87.6 cm³/mol. The van der Waals surface area contributed by atoms with Gasteiger partial charge in [0.25, 0.3) is 5.69 Å². The quantitative estimate of drug-likeness (QED) is 0.375. The third-order valence-electron chi connectivity index (χ3n) is 2.85. The van der Waals surface area contributed by atoms with Gasteiger partial charge in [0.15, 0.2) is 0 Å². The topological polar surface area (TPSA) is 66.0 Å². The molecule has 0 fully saturated rings. The Labute approximate surface area is 133 Å². The molecule has 8 heteroatoms. The van der Waals surface area contributed by atoms with Crippen molar-refractivity contribution in [3.05, 3.63) is 67.2 Å². The lowest BCUT2D eigenvalue weighted by Gasteiger charge is -2.18. The van der Waals surface area contributed by atoms with E-state index in [4.69, 9.17) is 0 Å². The second-order valence-corrected chi connectivity index (χ2v) is 5.42. The van der Waals surface area contributed by atoms with Crippen LogP contribution in [0.15, 0.2) is 48.5 Å². The Morgan fingerprint density at radius 1 is 1.10 bits per heavy atom. The fraction of sp³-hybridized carbons (Fsp3) is 0. The summed E-state index contributed by atoms with van der Waals surface area (Å²) in [5, 5.41) is 14.0. The molecule has 0 amide bonds. The molecular weight excluding hydrogens is 385 g/mol. The summed E-state index contributed by atoms with van der Waals surface area (Å²) in [6, 6.07) is 14.0. The fourth-order valence-corrected chi connectivity index (χ4v) is 2.21. The number of benzene rings is 2. The smallest absolute Gasteiger partial charge is 0.258 e. The summed E-state index contributed by atoms with van der Waals surface area (Å²) in [5.41, 5.74) is 4.49. The van der Waals surface area contributed by atoms with E-state index >= 15 is 0 Å². The maximum Gasteiger partial charge on any atom is 0.436 e. The summed E-state index contributed by atoms with van der Waals surface area (Å²) in [6.07, 6.45) is 2.66. The Morgan fingerprint density at radius 2 is 1.71 bits per heavy atom. The molecule has 3 rings (SSSR count). The average Bonchev–Trinajstić information content (AvgIpc) is 2.97. The summed E-state index contributed by atoms with van der Waals surface area (Å²) < 4.78 is 1.13. The van der Waals surface area contributed by atoms with Crippen molar-refractivity contribution >= 4 is 39.7 Å². The zero-order valence-electron chi connectivity index (χ0n) is 10.6. The van der Waals surface area contributed by atoms with Crippen LogP contribution in [0.3, 0.4) is 0 Å². The summed E-state index contributed by atoms with van der Waals surface area (Å²) in [5.74, 6) is 0. The van der Waals surface area contributed by atoms with Gasteiger partial charge in [-0.15, -0.1) is 0 Å². The van der Waals surface area contributed by atoms with Crippen LogP contribution in [0.4, 0.5) is 17.1 Å². The first-order chi connectivity index (χ1) is 10.1. The molecule has 104 valence electrons. The van der Waals surface area contributed by atoms with E-state index in [2.05, 4.69) is 39.2 Å². The van der Waals surface area contributed by atoms with E-state index in [1.54, 1.807) is 22.4 Å². The maximum absolute atomic E-state index is 10.7. The van der Waals surface area contributed by atoms with Crippen LogP contribution in [0.25, 0.3) is 4.95 Å². The minimum atomic E-state index is -0.432. The first-order valence-electron chi connectivity index (χ1n) is 5.96. The van der Waals surface area contributed by atoms with Crippen LogP contribution in [0, 0.1) is 19.9 Å². The van der Waals surface area contributed by atoms with Gasteiger partial charge in [-0.25, -0.2) is 0 Å². The van der Waals surface area contributed by atoms with Crippen molar-refractivity contribution in [3.8, 4) is 6.19 Å². The molecule has 21 heavy (non-hydrogen) atoms. The number of hydrazine groups is 2. The van der Waals surface area contributed by atoms with E-state index in [0.717, 1.165) is 9.26 Å². The number of hydrogen-bond acceptors (Lipinski definition) is 5. The van der Waals surface area contributed by atoms with Gasteiger partial charge in [0, 0.05) is 20.8 Å². The van der Waals surface area contributed by atoms with E-state index in [9.17, 15) is 10.1 Å². The zero-order chi connectivity index (χ0) is 14.8. The van der Waals surface area contributed by atoms with E-state index in [1.807, 2.05) is 24.3 Å². The van der Waals surface area contributed by atoms with Gasteiger partial charge in [-0.3, -0.25) is 10.1 Å². The number of nitro groups is 1. The molecule has 1 N–H and O–H groups in total. The minimum absolute atomic E-state index is 0.0414. The molecule has 0 aromatic heterocycles. The van der Waals surface area contributed by atoms with Gasteiger partial charge >= 0.3 is 6.19 Å². The van der Waals surface area contributed by atoms with E-state index in [-0.39, 0.29) is 5.69 Å². The standard InChI is InChI=1S/C13H8IN5O2/c14-10-1-3-11(4-2-10)17-15-9-16-18(17)12-5-7-13(8-6-12)19(20)21/h1-8H/p+1. The molecule has 0 atom stereocenters. The molecule has 0 bridgehead atoms.